The van der Waals surface area contributed by atoms with E-state index in [0.29, 0.717) is 12.1 Å². The number of hydrogen-bond donors (Lipinski definition) is 1. The molecule has 0 fully saturated rings. The zero-order chi connectivity index (χ0) is 14.7. The SMILES string of the molecule is CCN(C(=O)c1ccc(C)nc1)c1cc(O)ccc1C. The number of nitrogens with zero attached hydrogens (tertiary/aromatic N) is 2. The number of carbonyl (C=O) groups excluding carboxylic acids is 1. The third kappa shape index (κ3) is 2.79. The summed E-state index contributed by atoms with van der Waals surface area (Å²) in [7, 11) is 0. The zero-order valence-electron chi connectivity index (χ0n) is 11.9. The first-order chi connectivity index (χ1) is 9.52. The van der Waals surface area contributed by atoms with Gasteiger partial charge >= 0.3 is 0 Å². The molecule has 0 bridgehead atoms. The van der Waals surface area contributed by atoms with Gasteiger partial charge in [-0.25, -0.2) is 0 Å². The Hall–Kier alpha value is -2.36. The van der Waals surface area contributed by atoms with Crippen LogP contribution in [-0.2, 0) is 0 Å². The number of benzene rings is 1. The fraction of sp³-hybridized carbons (Fsp3) is 0.250. The molecule has 104 valence electrons. The zero-order valence-corrected chi connectivity index (χ0v) is 11.9. The highest BCUT2D eigenvalue weighted by Gasteiger charge is 2.18. The molecule has 1 heterocycles. The van der Waals surface area contributed by atoms with Crippen LogP contribution in [-0.4, -0.2) is 22.5 Å². The Morgan fingerprint density at radius 3 is 2.60 bits per heavy atom. The van der Waals surface area contributed by atoms with Crippen molar-refractivity contribution in [1.82, 2.24) is 4.98 Å². The van der Waals surface area contributed by atoms with Crippen LogP contribution in [0.3, 0.4) is 0 Å². The number of pyridine rings is 1. The molecule has 2 aromatic rings. The van der Waals surface area contributed by atoms with Crippen molar-refractivity contribution in [2.75, 3.05) is 11.4 Å². The van der Waals surface area contributed by atoms with E-state index in [9.17, 15) is 9.90 Å². The van der Waals surface area contributed by atoms with Crippen LogP contribution in [0.5, 0.6) is 5.75 Å². The molecule has 0 aliphatic rings. The van der Waals surface area contributed by atoms with E-state index in [1.54, 1.807) is 35.4 Å². The molecule has 1 amide bonds. The minimum Gasteiger partial charge on any atom is -0.508 e. The van der Waals surface area contributed by atoms with Gasteiger partial charge in [-0.1, -0.05) is 6.07 Å². The second-order valence-corrected chi connectivity index (χ2v) is 4.71. The van der Waals surface area contributed by atoms with E-state index >= 15 is 0 Å². The standard InChI is InChI=1S/C16H18N2O2/c1-4-18(15-9-14(19)8-5-11(15)2)16(20)13-7-6-12(3)17-10-13/h5-10,19H,4H2,1-3H3. The van der Waals surface area contributed by atoms with Crippen molar-refractivity contribution in [2.24, 2.45) is 0 Å². The quantitative estimate of drug-likeness (QED) is 0.932. The lowest BCUT2D eigenvalue weighted by molar-refractivity contribution is 0.0988. The highest BCUT2D eigenvalue weighted by molar-refractivity contribution is 6.06. The van der Waals surface area contributed by atoms with Gasteiger partial charge in [-0.15, -0.1) is 0 Å². The Balaban J connectivity index is 2.39. The van der Waals surface area contributed by atoms with E-state index in [1.807, 2.05) is 26.8 Å². The van der Waals surface area contributed by atoms with Gasteiger partial charge in [-0.05, 0) is 44.5 Å². The minimum atomic E-state index is -0.117. The molecule has 0 spiro atoms. The number of phenols is 1. The maximum Gasteiger partial charge on any atom is 0.259 e. The number of aromatic nitrogens is 1. The van der Waals surface area contributed by atoms with E-state index in [-0.39, 0.29) is 11.7 Å². The molecule has 4 nitrogen and oxygen atoms in total. The third-order valence-corrected chi connectivity index (χ3v) is 3.20. The van der Waals surface area contributed by atoms with Crippen LogP contribution in [0.15, 0.2) is 36.5 Å². The number of aromatic hydroxyl groups is 1. The minimum absolute atomic E-state index is 0.117. The van der Waals surface area contributed by atoms with Crippen molar-refractivity contribution in [2.45, 2.75) is 20.8 Å². The highest BCUT2D eigenvalue weighted by Crippen LogP contribution is 2.26. The maximum atomic E-state index is 12.6. The number of carbonyl (C=O) groups is 1. The lowest BCUT2D eigenvalue weighted by Crippen LogP contribution is -2.31. The van der Waals surface area contributed by atoms with Crippen LogP contribution < -0.4 is 4.90 Å². The van der Waals surface area contributed by atoms with Crippen LogP contribution >= 0.6 is 0 Å². The summed E-state index contributed by atoms with van der Waals surface area (Å²) >= 11 is 0. The maximum absolute atomic E-state index is 12.6. The number of aryl methyl sites for hydroxylation is 2. The summed E-state index contributed by atoms with van der Waals surface area (Å²) in [4.78, 5) is 18.3. The Morgan fingerprint density at radius 2 is 2.00 bits per heavy atom. The summed E-state index contributed by atoms with van der Waals surface area (Å²) in [5.74, 6) is 0.0348. The van der Waals surface area contributed by atoms with Gasteiger partial charge in [0.05, 0.1) is 11.3 Å². The Labute approximate surface area is 118 Å². The van der Waals surface area contributed by atoms with Crippen molar-refractivity contribution >= 4 is 11.6 Å². The lowest BCUT2D eigenvalue weighted by atomic mass is 10.1. The third-order valence-electron chi connectivity index (χ3n) is 3.20. The molecule has 0 aliphatic heterocycles. The lowest BCUT2D eigenvalue weighted by Gasteiger charge is -2.23. The monoisotopic (exact) mass is 270 g/mol. The van der Waals surface area contributed by atoms with Crippen LogP contribution in [0.25, 0.3) is 0 Å². The van der Waals surface area contributed by atoms with Crippen molar-refractivity contribution < 1.29 is 9.90 Å². The van der Waals surface area contributed by atoms with Gasteiger partial charge in [-0.3, -0.25) is 9.78 Å². The smallest absolute Gasteiger partial charge is 0.259 e. The average molecular weight is 270 g/mol. The fourth-order valence-electron chi connectivity index (χ4n) is 2.06. The van der Waals surface area contributed by atoms with Gasteiger partial charge < -0.3 is 10.0 Å². The van der Waals surface area contributed by atoms with Gasteiger partial charge in [0, 0.05) is 24.5 Å². The second-order valence-electron chi connectivity index (χ2n) is 4.71. The topological polar surface area (TPSA) is 53.4 Å². The molecule has 0 saturated carbocycles. The molecule has 0 saturated heterocycles. The van der Waals surface area contributed by atoms with Crippen LogP contribution in [0.4, 0.5) is 5.69 Å². The number of phenolic OH excluding ortho intramolecular Hbond substituents is 1. The predicted octanol–water partition coefficient (Wildman–Crippen LogP) is 3.07. The van der Waals surface area contributed by atoms with E-state index in [1.165, 1.54) is 0 Å². The summed E-state index contributed by atoms with van der Waals surface area (Å²) < 4.78 is 0. The fourth-order valence-corrected chi connectivity index (χ4v) is 2.06. The molecule has 1 aromatic carbocycles. The first-order valence-corrected chi connectivity index (χ1v) is 6.57. The normalized spacial score (nSPS) is 10.3. The van der Waals surface area contributed by atoms with E-state index in [4.69, 9.17) is 0 Å². The number of rotatable bonds is 3. The molecule has 1 aromatic heterocycles. The van der Waals surface area contributed by atoms with E-state index in [0.717, 1.165) is 16.9 Å². The molecular formula is C16H18N2O2. The summed E-state index contributed by atoms with van der Waals surface area (Å²) in [6.07, 6.45) is 1.58. The molecule has 4 heteroatoms. The van der Waals surface area contributed by atoms with Gasteiger partial charge in [0.1, 0.15) is 5.75 Å². The van der Waals surface area contributed by atoms with Gasteiger partial charge in [0.15, 0.2) is 0 Å². The molecule has 1 N–H and O–H groups in total. The predicted molar refractivity (Wildman–Crippen MR) is 79.2 cm³/mol. The van der Waals surface area contributed by atoms with Crippen molar-refractivity contribution in [3.8, 4) is 5.75 Å². The first kappa shape index (κ1) is 14.1. The van der Waals surface area contributed by atoms with Crippen molar-refractivity contribution in [3.05, 3.63) is 53.3 Å². The van der Waals surface area contributed by atoms with Gasteiger partial charge in [0.2, 0.25) is 0 Å². The van der Waals surface area contributed by atoms with Crippen molar-refractivity contribution in [3.63, 3.8) is 0 Å². The van der Waals surface area contributed by atoms with E-state index < -0.39 is 0 Å². The number of hydrogen-bond acceptors (Lipinski definition) is 3. The molecule has 0 radical (unpaired) electrons. The Kier molecular flexibility index (Phi) is 4.03. The van der Waals surface area contributed by atoms with Crippen molar-refractivity contribution in [1.29, 1.82) is 0 Å². The number of anilines is 1. The average Bonchev–Trinajstić information content (AvgIpc) is 2.44. The Morgan fingerprint density at radius 1 is 1.25 bits per heavy atom. The second kappa shape index (κ2) is 5.74. The van der Waals surface area contributed by atoms with Gasteiger partial charge in [0.25, 0.3) is 5.91 Å². The molecule has 2 rings (SSSR count). The highest BCUT2D eigenvalue weighted by atomic mass is 16.3. The number of amides is 1. The molecule has 0 aliphatic carbocycles. The summed E-state index contributed by atoms with van der Waals surface area (Å²) in [6.45, 7) is 6.23. The molecule has 0 atom stereocenters. The van der Waals surface area contributed by atoms with Gasteiger partial charge in [-0.2, -0.15) is 0 Å². The molecular weight excluding hydrogens is 252 g/mol. The largest absolute Gasteiger partial charge is 0.508 e. The Bertz CT molecular complexity index is 621. The summed E-state index contributed by atoms with van der Waals surface area (Å²) in [5, 5.41) is 9.62. The summed E-state index contributed by atoms with van der Waals surface area (Å²) in [6, 6.07) is 8.61. The van der Waals surface area contributed by atoms with Crippen LogP contribution in [0.2, 0.25) is 0 Å². The molecule has 20 heavy (non-hydrogen) atoms. The first-order valence-electron chi connectivity index (χ1n) is 6.57. The molecule has 0 unspecified atom stereocenters. The van der Waals surface area contributed by atoms with Crippen LogP contribution in [0, 0.1) is 13.8 Å². The van der Waals surface area contributed by atoms with E-state index in [2.05, 4.69) is 4.98 Å². The van der Waals surface area contributed by atoms with Crippen LogP contribution in [0.1, 0.15) is 28.5 Å². The summed E-state index contributed by atoms with van der Waals surface area (Å²) in [5.41, 5.74) is 3.08.